The molecule has 0 bridgehead atoms. The number of nitrogens with one attached hydrogen (secondary N) is 1. The number of benzene rings is 2. The number of ether oxygens (including phenoxy) is 3. The highest BCUT2D eigenvalue weighted by Gasteiger charge is 2.36. The summed E-state index contributed by atoms with van der Waals surface area (Å²) in [6.45, 7) is 6.54. The Hall–Kier alpha value is -3.55. The molecule has 1 atom stereocenters. The van der Waals surface area contributed by atoms with Gasteiger partial charge < -0.3 is 24.4 Å². The molecule has 0 aliphatic carbocycles. The third kappa shape index (κ3) is 6.25. The lowest BCUT2D eigenvalue weighted by Gasteiger charge is -2.17. The van der Waals surface area contributed by atoms with E-state index < -0.39 is 24.4 Å². The van der Waals surface area contributed by atoms with Crippen LogP contribution in [-0.2, 0) is 25.5 Å². The third-order valence-corrected chi connectivity index (χ3v) is 5.29. The van der Waals surface area contributed by atoms with Crippen LogP contribution in [0.3, 0.4) is 0 Å². The summed E-state index contributed by atoms with van der Waals surface area (Å²) >= 11 is 0. The first-order chi connectivity index (χ1) is 15.9. The van der Waals surface area contributed by atoms with Crippen LogP contribution in [0.15, 0.2) is 42.5 Å². The minimum absolute atomic E-state index is 0.0621. The molecule has 1 fully saturated rings. The van der Waals surface area contributed by atoms with Crippen LogP contribution in [0.2, 0.25) is 0 Å². The fourth-order valence-corrected chi connectivity index (χ4v) is 3.61. The van der Waals surface area contributed by atoms with Gasteiger partial charge >= 0.3 is 5.97 Å². The molecule has 0 saturated carbocycles. The van der Waals surface area contributed by atoms with E-state index in [0.29, 0.717) is 30.4 Å². The zero-order valence-corrected chi connectivity index (χ0v) is 19.3. The Kier molecular flexibility index (Phi) is 8.29. The summed E-state index contributed by atoms with van der Waals surface area (Å²) in [4.78, 5) is 38.7. The van der Waals surface area contributed by atoms with Gasteiger partial charge in [-0.05, 0) is 50.1 Å². The Morgan fingerprint density at radius 3 is 2.36 bits per heavy atom. The van der Waals surface area contributed by atoms with Gasteiger partial charge in [0.2, 0.25) is 5.91 Å². The summed E-state index contributed by atoms with van der Waals surface area (Å²) in [6.07, 6.45) is 0.974. The molecule has 2 aromatic rings. The number of amides is 2. The molecule has 1 heterocycles. The van der Waals surface area contributed by atoms with Crippen molar-refractivity contribution >= 4 is 29.2 Å². The van der Waals surface area contributed by atoms with Crippen LogP contribution in [0.25, 0.3) is 0 Å². The van der Waals surface area contributed by atoms with Crippen molar-refractivity contribution in [1.82, 2.24) is 0 Å². The average Bonchev–Trinajstić information content (AvgIpc) is 3.21. The molecule has 1 aliphatic rings. The molecule has 1 aliphatic heterocycles. The quantitative estimate of drug-likeness (QED) is 0.552. The normalized spacial score (nSPS) is 15.3. The van der Waals surface area contributed by atoms with Gasteiger partial charge in [-0.1, -0.05) is 19.1 Å². The molecule has 8 heteroatoms. The van der Waals surface area contributed by atoms with E-state index in [1.807, 2.05) is 38.1 Å². The number of rotatable bonds is 10. The minimum atomic E-state index is -0.605. The fourth-order valence-electron chi connectivity index (χ4n) is 3.61. The topological polar surface area (TPSA) is 94.2 Å². The van der Waals surface area contributed by atoms with Crippen molar-refractivity contribution in [2.75, 3.05) is 36.6 Å². The third-order valence-electron chi connectivity index (χ3n) is 5.29. The van der Waals surface area contributed by atoms with Crippen LogP contribution < -0.4 is 19.7 Å². The Labute approximate surface area is 193 Å². The van der Waals surface area contributed by atoms with Gasteiger partial charge in [-0.15, -0.1) is 0 Å². The summed E-state index contributed by atoms with van der Waals surface area (Å²) in [5.41, 5.74) is 2.43. The Morgan fingerprint density at radius 1 is 1.00 bits per heavy atom. The molecule has 0 aromatic heterocycles. The van der Waals surface area contributed by atoms with E-state index in [0.717, 1.165) is 12.1 Å². The van der Waals surface area contributed by atoms with Crippen LogP contribution in [0, 0.1) is 5.92 Å². The average molecular weight is 455 g/mol. The van der Waals surface area contributed by atoms with E-state index in [9.17, 15) is 14.4 Å². The zero-order chi connectivity index (χ0) is 23.8. The second kappa shape index (κ2) is 11.4. The zero-order valence-electron chi connectivity index (χ0n) is 19.3. The number of aryl methyl sites for hydroxylation is 1. The highest BCUT2D eigenvalue weighted by atomic mass is 16.5. The van der Waals surface area contributed by atoms with Crippen molar-refractivity contribution in [3.63, 3.8) is 0 Å². The smallest absolute Gasteiger partial charge is 0.311 e. The number of anilines is 2. The minimum Gasteiger partial charge on any atom is -0.490 e. The predicted octanol–water partition coefficient (Wildman–Crippen LogP) is 3.58. The van der Waals surface area contributed by atoms with E-state index >= 15 is 0 Å². The van der Waals surface area contributed by atoms with Crippen LogP contribution in [0.4, 0.5) is 11.4 Å². The van der Waals surface area contributed by atoms with E-state index in [1.165, 1.54) is 5.56 Å². The van der Waals surface area contributed by atoms with Gasteiger partial charge in [0.25, 0.3) is 5.91 Å². The number of esters is 1. The van der Waals surface area contributed by atoms with Crippen LogP contribution >= 0.6 is 0 Å². The lowest BCUT2D eigenvalue weighted by Crippen LogP contribution is -2.28. The second-order valence-corrected chi connectivity index (χ2v) is 7.61. The van der Waals surface area contributed by atoms with E-state index in [4.69, 9.17) is 14.2 Å². The number of carbonyl (C=O) groups is 3. The highest BCUT2D eigenvalue weighted by molar-refractivity contribution is 6.00. The van der Waals surface area contributed by atoms with E-state index in [1.54, 1.807) is 23.1 Å². The standard InChI is InChI=1S/C25H30N2O6/c1-4-17-7-10-20(11-8-17)27-15-18(13-24(27)29)25(30)33-16-23(28)26-19-9-12-21(31-5-2)22(14-19)32-6-3/h7-12,14,18H,4-6,13,15-16H2,1-3H3,(H,26,28). The molecule has 1 N–H and O–H groups in total. The molecular weight excluding hydrogens is 424 g/mol. The Morgan fingerprint density at radius 2 is 1.70 bits per heavy atom. The fraction of sp³-hybridized carbons (Fsp3) is 0.400. The number of hydrogen-bond donors (Lipinski definition) is 1. The van der Waals surface area contributed by atoms with Crippen LogP contribution in [-0.4, -0.2) is 44.1 Å². The Balaban J connectivity index is 1.52. The first kappa shape index (κ1) is 24.1. The monoisotopic (exact) mass is 454 g/mol. The summed E-state index contributed by atoms with van der Waals surface area (Å²) in [6, 6.07) is 12.8. The molecular formula is C25H30N2O6. The molecule has 2 aromatic carbocycles. The molecule has 3 rings (SSSR count). The molecule has 176 valence electrons. The van der Waals surface area contributed by atoms with Gasteiger partial charge in [0, 0.05) is 30.4 Å². The lowest BCUT2D eigenvalue weighted by molar-refractivity contribution is -0.151. The largest absolute Gasteiger partial charge is 0.490 e. The summed E-state index contributed by atoms with van der Waals surface area (Å²) in [5.74, 6) is -0.678. The summed E-state index contributed by atoms with van der Waals surface area (Å²) < 4.78 is 16.2. The van der Waals surface area contributed by atoms with Crippen molar-refractivity contribution in [1.29, 1.82) is 0 Å². The SMILES string of the molecule is CCOc1ccc(NC(=O)COC(=O)C2CC(=O)N(c3ccc(CC)cc3)C2)cc1OCC. The van der Waals surface area contributed by atoms with Gasteiger partial charge in [-0.3, -0.25) is 14.4 Å². The predicted molar refractivity (Wildman–Crippen MR) is 125 cm³/mol. The number of hydrogen-bond acceptors (Lipinski definition) is 6. The second-order valence-electron chi connectivity index (χ2n) is 7.61. The van der Waals surface area contributed by atoms with Crippen LogP contribution in [0.5, 0.6) is 11.5 Å². The number of carbonyl (C=O) groups excluding carboxylic acids is 3. The maximum atomic E-state index is 12.5. The molecule has 8 nitrogen and oxygen atoms in total. The molecule has 1 saturated heterocycles. The van der Waals surface area contributed by atoms with E-state index in [2.05, 4.69) is 12.2 Å². The Bertz CT molecular complexity index is 989. The summed E-state index contributed by atoms with van der Waals surface area (Å²) in [5, 5.41) is 2.68. The number of nitrogens with zero attached hydrogens (tertiary/aromatic N) is 1. The molecule has 2 amide bonds. The van der Waals surface area contributed by atoms with E-state index in [-0.39, 0.29) is 18.9 Å². The van der Waals surface area contributed by atoms with Gasteiger partial charge in [0.1, 0.15) is 0 Å². The first-order valence-corrected chi connectivity index (χ1v) is 11.2. The molecule has 1 unspecified atom stereocenters. The van der Waals surface area contributed by atoms with Gasteiger partial charge in [-0.25, -0.2) is 0 Å². The van der Waals surface area contributed by atoms with Crippen molar-refractivity contribution in [2.45, 2.75) is 33.6 Å². The van der Waals surface area contributed by atoms with Crippen molar-refractivity contribution < 1.29 is 28.6 Å². The first-order valence-electron chi connectivity index (χ1n) is 11.2. The highest BCUT2D eigenvalue weighted by Crippen LogP contribution is 2.31. The molecule has 33 heavy (non-hydrogen) atoms. The van der Waals surface area contributed by atoms with Gasteiger partial charge in [0.05, 0.1) is 19.1 Å². The van der Waals surface area contributed by atoms with Gasteiger partial charge in [0.15, 0.2) is 18.1 Å². The summed E-state index contributed by atoms with van der Waals surface area (Å²) in [7, 11) is 0. The van der Waals surface area contributed by atoms with Crippen molar-refractivity contribution in [3.8, 4) is 11.5 Å². The maximum absolute atomic E-state index is 12.5. The van der Waals surface area contributed by atoms with Crippen molar-refractivity contribution in [2.24, 2.45) is 5.92 Å². The van der Waals surface area contributed by atoms with Crippen LogP contribution in [0.1, 0.15) is 32.8 Å². The molecule has 0 spiro atoms. The molecule has 0 radical (unpaired) electrons. The van der Waals surface area contributed by atoms with Gasteiger partial charge in [-0.2, -0.15) is 0 Å². The maximum Gasteiger partial charge on any atom is 0.311 e. The lowest BCUT2D eigenvalue weighted by atomic mass is 10.1. The van der Waals surface area contributed by atoms with Crippen molar-refractivity contribution in [3.05, 3.63) is 48.0 Å².